The molecule has 2 rings (SSSR count). The molecular formula is C19H32O4S. The lowest BCUT2D eigenvalue weighted by molar-refractivity contribution is -0.137. The summed E-state index contributed by atoms with van der Waals surface area (Å²) in [6.07, 6.45) is 12.1. The highest BCUT2D eigenvalue weighted by Crippen LogP contribution is 2.46. The molecular weight excluding hydrogens is 324 g/mol. The van der Waals surface area contributed by atoms with Gasteiger partial charge in [-0.05, 0) is 49.5 Å². The van der Waals surface area contributed by atoms with Crippen molar-refractivity contribution in [3.63, 3.8) is 0 Å². The van der Waals surface area contributed by atoms with Gasteiger partial charge in [0.1, 0.15) is 0 Å². The topological polar surface area (TPSA) is 66.8 Å². The average Bonchev–Trinajstić information content (AvgIpc) is 3.15. The Labute approximate surface area is 150 Å². The Balaban J connectivity index is 1.73. The molecule has 5 heteroatoms. The molecule has 0 aromatic rings. The minimum atomic E-state index is -0.705. The van der Waals surface area contributed by atoms with Gasteiger partial charge in [0.05, 0.1) is 18.3 Å². The van der Waals surface area contributed by atoms with Gasteiger partial charge < -0.3 is 14.9 Å². The number of fused-ring (bicyclic) bond motifs is 2. The van der Waals surface area contributed by atoms with E-state index in [1.807, 2.05) is 17.8 Å². The SMILES string of the molecule is CCCCC(O)/C=C/[C@@H]1[C@H](CCSCCCC(=O)O)[C@@H]2CC[C@H]1O2. The van der Waals surface area contributed by atoms with Crippen LogP contribution in [0.5, 0.6) is 0 Å². The smallest absolute Gasteiger partial charge is 0.303 e. The van der Waals surface area contributed by atoms with Crippen molar-refractivity contribution >= 4 is 17.7 Å². The van der Waals surface area contributed by atoms with E-state index in [-0.39, 0.29) is 12.5 Å². The summed E-state index contributed by atoms with van der Waals surface area (Å²) in [5, 5.41) is 18.7. The molecule has 1 unspecified atom stereocenters. The second-order valence-corrected chi connectivity index (χ2v) is 8.25. The summed E-state index contributed by atoms with van der Waals surface area (Å²) >= 11 is 1.85. The fourth-order valence-corrected chi connectivity index (χ4v) is 4.86. The van der Waals surface area contributed by atoms with E-state index in [1.165, 1.54) is 6.42 Å². The zero-order chi connectivity index (χ0) is 17.4. The first-order valence-corrected chi connectivity index (χ1v) is 10.6. The van der Waals surface area contributed by atoms with Crippen LogP contribution in [0.25, 0.3) is 0 Å². The molecule has 2 fully saturated rings. The third kappa shape index (κ3) is 6.08. The van der Waals surface area contributed by atoms with Crippen molar-refractivity contribution in [1.29, 1.82) is 0 Å². The first kappa shape index (κ1) is 19.8. The zero-order valence-electron chi connectivity index (χ0n) is 14.7. The number of unbranched alkanes of at least 4 members (excludes halogenated alkanes) is 1. The van der Waals surface area contributed by atoms with Crippen LogP contribution in [0, 0.1) is 11.8 Å². The largest absolute Gasteiger partial charge is 0.481 e. The van der Waals surface area contributed by atoms with Crippen LogP contribution in [0.2, 0.25) is 0 Å². The van der Waals surface area contributed by atoms with Crippen LogP contribution in [0.15, 0.2) is 12.2 Å². The maximum Gasteiger partial charge on any atom is 0.303 e. The van der Waals surface area contributed by atoms with Crippen molar-refractivity contribution in [3.05, 3.63) is 12.2 Å². The number of aliphatic carboxylic acids is 1. The van der Waals surface area contributed by atoms with Crippen LogP contribution in [0.3, 0.4) is 0 Å². The lowest BCUT2D eigenvalue weighted by atomic mass is 9.77. The van der Waals surface area contributed by atoms with Gasteiger partial charge in [0.2, 0.25) is 0 Å². The first-order chi connectivity index (χ1) is 11.6. The Bertz CT molecular complexity index is 412. The van der Waals surface area contributed by atoms with Crippen LogP contribution >= 0.6 is 11.8 Å². The maximum absolute atomic E-state index is 10.5. The fourth-order valence-electron chi connectivity index (χ4n) is 3.87. The summed E-state index contributed by atoms with van der Waals surface area (Å²) in [5.74, 6) is 2.29. The van der Waals surface area contributed by atoms with E-state index < -0.39 is 5.97 Å². The normalized spacial score (nSPS) is 30.2. The van der Waals surface area contributed by atoms with Crippen LogP contribution < -0.4 is 0 Å². The van der Waals surface area contributed by atoms with Gasteiger partial charge in [0, 0.05) is 12.3 Å². The Hall–Kier alpha value is -0.520. The molecule has 0 amide bonds. The number of thioether (sulfide) groups is 1. The monoisotopic (exact) mass is 356 g/mol. The third-order valence-corrected chi connectivity index (χ3v) is 6.27. The molecule has 138 valence electrons. The van der Waals surface area contributed by atoms with E-state index in [4.69, 9.17) is 9.84 Å². The maximum atomic E-state index is 10.5. The molecule has 0 radical (unpaired) electrons. The Morgan fingerprint density at radius 2 is 2.08 bits per heavy atom. The Kier molecular flexibility index (Phi) is 8.63. The van der Waals surface area contributed by atoms with Crippen LogP contribution in [0.4, 0.5) is 0 Å². The Morgan fingerprint density at radius 3 is 2.83 bits per heavy atom. The molecule has 24 heavy (non-hydrogen) atoms. The molecule has 0 spiro atoms. The second-order valence-electron chi connectivity index (χ2n) is 7.02. The van der Waals surface area contributed by atoms with Gasteiger partial charge in [-0.2, -0.15) is 11.8 Å². The minimum Gasteiger partial charge on any atom is -0.481 e. The number of aliphatic hydroxyl groups is 1. The molecule has 4 nitrogen and oxygen atoms in total. The number of hydrogen-bond donors (Lipinski definition) is 2. The summed E-state index contributed by atoms with van der Waals surface area (Å²) in [7, 11) is 0. The van der Waals surface area contributed by atoms with E-state index in [9.17, 15) is 9.90 Å². The van der Waals surface area contributed by atoms with Gasteiger partial charge >= 0.3 is 5.97 Å². The molecule has 0 saturated carbocycles. The number of hydrogen-bond acceptors (Lipinski definition) is 4. The van der Waals surface area contributed by atoms with Crippen LogP contribution in [-0.2, 0) is 9.53 Å². The molecule has 2 bridgehead atoms. The van der Waals surface area contributed by atoms with Crippen LogP contribution in [0.1, 0.15) is 58.3 Å². The van der Waals surface area contributed by atoms with Gasteiger partial charge in [-0.15, -0.1) is 0 Å². The van der Waals surface area contributed by atoms with Crippen molar-refractivity contribution in [3.8, 4) is 0 Å². The summed E-state index contributed by atoms with van der Waals surface area (Å²) in [6, 6.07) is 0. The van der Waals surface area contributed by atoms with Crippen molar-refractivity contribution in [2.24, 2.45) is 11.8 Å². The summed E-state index contributed by atoms with van der Waals surface area (Å²) in [4.78, 5) is 10.5. The lowest BCUT2D eigenvalue weighted by Gasteiger charge is -2.25. The first-order valence-electron chi connectivity index (χ1n) is 9.43. The molecule has 2 saturated heterocycles. The number of carboxylic acid groups (broad SMARTS) is 1. The molecule has 2 aliphatic rings. The van der Waals surface area contributed by atoms with Crippen molar-refractivity contribution in [1.82, 2.24) is 0 Å². The van der Waals surface area contributed by atoms with Crippen molar-refractivity contribution in [2.45, 2.75) is 76.6 Å². The molecule has 2 N–H and O–H groups in total. The van der Waals surface area contributed by atoms with Gasteiger partial charge in [0.15, 0.2) is 0 Å². The average molecular weight is 357 g/mol. The number of carboxylic acids is 1. The molecule has 2 aliphatic heterocycles. The number of carbonyl (C=O) groups is 1. The summed E-state index contributed by atoms with van der Waals surface area (Å²) < 4.78 is 6.10. The summed E-state index contributed by atoms with van der Waals surface area (Å²) in [5.41, 5.74) is 0. The van der Waals surface area contributed by atoms with Crippen LogP contribution in [-0.4, -0.2) is 46.0 Å². The fraction of sp³-hybridized carbons (Fsp3) is 0.842. The number of rotatable bonds is 12. The second kappa shape index (κ2) is 10.5. The van der Waals surface area contributed by atoms with Gasteiger partial charge in [-0.1, -0.05) is 31.9 Å². The standard InChI is InChI=1S/C19H32O4S/c1-2-3-5-14(20)7-8-15-16(18-10-9-17(15)23-18)11-13-24-12-4-6-19(21)22/h7-8,14-18,20H,2-6,9-13H2,1H3,(H,21,22)/b8-7+/t14?,15-,16+,17-,18+/m1/s1. The highest BCUT2D eigenvalue weighted by molar-refractivity contribution is 7.99. The molecule has 2 heterocycles. The van der Waals surface area contributed by atoms with E-state index in [2.05, 4.69) is 13.0 Å². The molecule has 5 atom stereocenters. The number of ether oxygens (including phenoxy) is 1. The third-order valence-electron chi connectivity index (χ3n) is 5.17. The van der Waals surface area contributed by atoms with E-state index in [0.717, 1.165) is 50.0 Å². The van der Waals surface area contributed by atoms with Gasteiger partial charge in [-0.25, -0.2) is 0 Å². The number of aliphatic hydroxyl groups excluding tert-OH is 1. The Morgan fingerprint density at radius 1 is 1.29 bits per heavy atom. The van der Waals surface area contributed by atoms with Crippen molar-refractivity contribution in [2.75, 3.05) is 11.5 Å². The zero-order valence-corrected chi connectivity index (χ0v) is 15.5. The van der Waals surface area contributed by atoms with Crippen molar-refractivity contribution < 1.29 is 19.7 Å². The molecule has 0 aromatic heterocycles. The summed E-state index contributed by atoms with van der Waals surface area (Å²) in [6.45, 7) is 2.14. The predicted molar refractivity (Wildman–Crippen MR) is 98.4 cm³/mol. The molecule has 0 aliphatic carbocycles. The van der Waals surface area contributed by atoms with Gasteiger partial charge in [-0.3, -0.25) is 4.79 Å². The predicted octanol–water partition coefficient (Wildman–Crippen LogP) is 3.88. The van der Waals surface area contributed by atoms with E-state index in [0.29, 0.717) is 24.0 Å². The van der Waals surface area contributed by atoms with E-state index >= 15 is 0 Å². The highest BCUT2D eigenvalue weighted by Gasteiger charge is 2.47. The minimum absolute atomic E-state index is 0.269. The molecule has 0 aromatic carbocycles. The lowest BCUT2D eigenvalue weighted by Crippen LogP contribution is -2.26. The quantitative estimate of drug-likeness (QED) is 0.410. The highest BCUT2D eigenvalue weighted by atomic mass is 32.2. The van der Waals surface area contributed by atoms with Gasteiger partial charge in [0.25, 0.3) is 0 Å². The van der Waals surface area contributed by atoms with E-state index in [1.54, 1.807) is 0 Å².